The van der Waals surface area contributed by atoms with Crippen LogP contribution in [0.4, 0.5) is 4.39 Å². The summed E-state index contributed by atoms with van der Waals surface area (Å²) < 4.78 is 22.0. The van der Waals surface area contributed by atoms with Gasteiger partial charge in [-0.3, -0.25) is 15.0 Å². The quantitative estimate of drug-likeness (QED) is 0.255. The molecule has 3 heterocycles. The van der Waals surface area contributed by atoms with Crippen molar-refractivity contribution in [3.8, 4) is 0 Å². The van der Waals surface area contributed by atoms with Gasteiger partial charge >= 0.3 is 0 Å². The highest BCUT2D eigenvalue weighted by molar-refractivity contribution is 5.82. The Morgan fingerprint density at radius 2 is 1.91 bits per heavy atom. The van der Waals surface area contributed by atoms with E-state index in [1.807, 2.05) is 0 Å². The van der Waals surface area contributed by atoms with E-state index in [1.54, 1.807) is 7.11 Å². The van der Waals surface area contributed by atoms with Crippen LogP contribution in [0.1, 0.15) is 51.4 Å². The highest BCUT2D eigenvalue weighted by Crippen LogP contribution is 2.23. The molecule has 9 nitrogen and oxygen atoms in total. The molecule has 1 aliphatic carbocycles. The molecule has 1 amide bonds. The molecule has 1 saturated carbocycles. The SMILES string of the molecule is COC1CCN(C2CCNCC2NC(=O)C(C(N)N)C2NCC(F)C[N+]2=C2CCCCC2)CC1. The lowest BCUT2D eigenvalue weighted by molar-refractivity contribution is -0.596. The second kappa shape index (κ2) is 12.2. The molecule has 194 valence electrons. The zero-order chi connectivity index (χ0) is 24.1. The van der Waals surface area contributed by atoms with E-state index in [-0.39, 0.29) is 30.7 Å². The first-order chi connectivity index (χ1) is 16.5. The second-order valence-corrected chi connectivity index (χ2v) is 10.5. The summed E-state index contributed by atoms with van der Waals surface area (Å²) in [5, 5.41) is 10.0. The summed E-state index contributed by atoms with van der Waals surface area (Å²) in [6.07, 6.45) is 6.46. The summed E-state index contributed by atoms with van der Waals surface area (Å²) in [7, 11) is 1.78. The first-order valence-corrected chi connectivity index (χ1v) is 13.3. The van der Waals surface area contributed by atoms with Crippen molar-refractivity contribution in [3.05, 3.63) is 0 Å². The summed E-state index contributed by atoms with van der Waals surface area (Å²) in [5.41, 5.74) is 13.7. The van der Waals surface area contributed by atoms with Crippen molar-refractivity contribution in [2.45, 2.75) is 88.1 Å². The number of alkyl halides is 1. The molecule has 4 fully saturated rings. The highest BCUT2D eigenvalue weighted by Gasteiger charge is 2.45. The largest absolute Gasteiger partial charge is 0.381 e. The lowest BCUT2D eigenvalue weighted by Crippen LogP contribution is -2.67. The number of hydrogen-bond acceptors (Lipinski definition) is 7. The van der Waals surface area contributed by atoms with Crippen LogP contribution in [-0.4, -0.2) is 104 Å². The van der Waals surface area contributed by atoms with E-state index in [9.17, 15) is 9.18 Å². The molecule has 7 N–H and O–H groups in total. The van der Waals surface area contributed by atoms with E-state index in [1.165, 1.54) is 12.1 Å². The maximum atomic E-state index is 14.4. The minimum atomic E-state index is -0.967. The molecule has 0 aromatic rings. The maximum Gasteiger partial charge on any atom is 0.234 e. The van der Waals surface area contributed by atoms with Gasteiger partial charge in [-0.05, 0) is 38.6 Å². The van der Waals surface area contributed by atoms with Gasteiger partial charge in [0.15, 0.2) is 18.4 Å². The zero-order valence-electron chi connectivity index (χ0n) is 20.7. The molecule has 4 rings (SSSR count). The summed E-state index contributed by atoms with van der Waals surface area (Å²) in [5.74, 6) is -0.805. The molecular formula is C24H45FN7O2+. The van der Waals surface area contributed by atoms with Crippen molar-refractivity contribution in [2.75, 3.05) is 46.4 Å². The molecule has 0 aromatic carbocycles. The normalized spacial score (nSPS) is 33.2. The van der Waals surface area contributed by atoms with Gasteiger partial charge in [0, 0.05) is 52.2 Å². The van der Waals surface area contributed by atoms with Crippen LogP contribution >= 0.6 is 0 Å². The molecular weight excluding hydrogens is 437 g/mol. The Morgan fingerprint density at radius 3 is 2.59 bits per heavy atom. The monoisotopic (exact) mass is 482 g/mol. The Morgan fingerprint density at radius 1 is 1.18 bits per heavy atom. The van der Waals surface area contributed by atoms with E-state index < -0.39 is 18.3 Å². The van der Waals surface area contributed by atoms with Crippen LogP contribution in [-0.2, 0) is 9.53 Å². The number of nitrogens with two attached hydrogens (primary N) is 2. The lowest BCUT2D eigenvalue weighted by atomic mass is 9.92. The standard InChI is InChI=1S/C24H44FN7O2/c1-34-18-8-11-31(12-9-18)20-7-10-28-14-19(20)30-24(33)21(22(26)27)23-29-13-16(25)15-32(23)17-5-3-2-4-6-17/h16,18-23,28-29H,2-15,26-27H2,1H3/p+1. The number of nitrogens with one attached hydrogen (secondary N) is 3. The van der Waals surface area contributed by atoms with E-state index in [2.05, 4.69) is 25.4 Å². The van der Waals surface area contributed by atoms with Crippen LogP contribution in [0, 0.1) is 5.92 Å². The number of amides is 1. The average molecular weight is 483 g/mol. The fraction of sp³-hybridized carbons (Fsp3) is 0.917. The Bertz CT molecular complexity index is 705. The fourth-order valence-corrected chi connectivity index (χ4v) is 6.32. The minimum Gasteiger partial charge on any atom is -0.381 e. The summed E-state index contributed by atoms with van der Waals surface area (Å²) in [4.78, 5) is 16.2. The van der Waals surface area contributed by atoms with Crippen LogP contribution in [0.2, 0.25) is 0 Å². The predicted octanol–water partition coefficient (Wildman–Crippen LogP) is -0.511. The predicted molar refractivity (Wildman–Crippen MR) is 130 cm³/mol. The van der Waals surface area contributed by atoms with Crippen molar-refractivity contribution in [1.82, 2.24) is 20.9 Å². The third-order valence-electron chi connectivity index (χ3n) is 8.23. The Hall–Kier alpha value is -1.17. The Balaban J connectivity index is 1.48. The minimum absolute atomic E-state index is 0.0186. The van der Waals surface area contributed by atoms with E-state index in [0.717, 1.165) is 71.1 Å². The van der Waals surface area contributed by atoms with Crippen LogP contribution in [0.15, 0.2) is 0 Å². The third-order valence-corrected chi connectivity index (χ3v) is 8.23. The summed E-state index contributed by atoms with van der Waals surface area (Å²) >= 11 is 0. The topological polar surface area (TPSA) is 121 Å². The fourth-order valence-electron chi connectivity index (χ4n) is 6.32. The number of ether oxygens (including phenoxy) is 1. The number of carbonyl (C=O) groups excluding carboxylic acids is 1. The molecule has 0 radical (unpaired) electrons. The number of rotatable bonds is 6. The number of likely N-dealkylation sites (tertiary alicyclic amines) is 1. The number of carbonyl (C=O) groups is 1. The maximum absolute atomic E-state index is 14.4. The van der Waals surface area contributed by atoms with Crippen molar-refractivity contribution in [1.29, 1.82) is 0 Å². The van der Waals surface area contributed by atoms with E-state index in [0.29, 0.717) is 12.6 Å². The number of hydrogen-bond donors (Lipinski definition) is 5. The van der Waals surface area contributed by atoms with E-state index >= 15 is 0 Å². The van der Waals surface area contributed by atoms with Crippen LogP contribution in [0.5, 0.6) is 0 Å². The first-order valence-electron chi connectivity index (χ1n) is 13.3. The van der Waals surface area contributed by atoms with Crippen LogP contribution in [0.3, 0.4) is 0 Å². The Labute approximate surface area is 203 Å². The van der Waals surface area contributed by atoms with Crippen molar-refractivity contribution >= 4 is 11.6 Å². The molecule has 3 saturated heterocycles. The molecule has 4 aliphatic rings. The average Bonchev–Trinajstić information content (AvgIpc) is 2.86. The smallest absolute Gasteiger partial charge is 0.234 e. The molecule has 10 heteroatoms. The third kappa shape index (κ3) is 6.14. The van der Waals surface area contributed by atoms with Gasteiger partial charge in [-0.1, -0.05) is 6.42 Å². The van der Waals surface area contributed by atoms with Crippen LogP contribution < -0.4 is 27.4 Å². The Kier molecular flexibility index (Phi) is 9.28. The number of methoxy groups -OCH3 is 1. The number of piperidine rings is 2. The molecule has 0 spiro atoms. The molecule has 3 aliphatic heterocycles. The zero-order valence-corrected chi connectivity index (χ0v) is 20.7. The first kappa shape index (κ1) is 25.9. The molecule has 0 bridgehead atoms. The van der Waals surface area contributed by atoms with Gasteiger partial charge in [-0.15, -0.1) is 0 Å². The van der Waals surface area contributed by atoms with Gasteiger partial charge in [-0.2, -0.15) is 0 Å². The van der Waals surface area contributed by atoms with Gasteiger partial charge < -0.3 is 26.8 Å². The van der Waals surface area contributed by atoms with Gasteiger partial charge in [0.25, 0.3) is 0 Å². The summed E-state index contributed by atoms with van der Waals surface area (Å²) in [6.45, 7) is 4.12. The van der Waals surface area contributed by atoms with Crippen molar-refractivity contribution < 1.29 is 18.5 Å². The highest BCUT2D eigenvalue weighted by atomic mass is 19.1. The van der Waals surface area contributed by atoms with Gasteiger partial charge in [0.2, 0.25) is 12.1 Å². The molecule has 5 unspecified atom stereocenters. The van der Waals surface area contributed by atoms with Gasteiger partial charge in [0.1, 0.15) is 5.92 Å². The van der Waals surface area contributed by atoms with Gasteiger partial charge in [-0.25, -0.2) is 8.97 Å². The van der Waals surface area contributed by atoms with Crippen molar-refractivity contribution in [2.24, 2.45) is 17.4 Å². The van der Waals surface area contributed by atoms with Crippen molar-refractivity contribution in [3.63, 3.8) is 0 Å². The summed E-state index contributed by atoms with van der Waals surface area (Å²) in [6, 6.07) is 0.255. The number of nitrogens with zero attached hydrogens (tertiary/aromatic N) is 2. The molecule has 5 atom stereocenters. The molecule has 34 heavy (non-hydrogen) atoms. The van der Waals surface area contributed by atoms with Gasteiger partial charge in [0.05, 0.1) is 18.3 Å². The lowest BCUT2D eigenvalue weighted by Gasteiger charge is -2.44. The molecule has 0 aromatic heterocycles. The van der Waals surface area contributed by atoms with Crippen LogP contribution in [0.25, 0.3) is 0 Å². The number of halogens is 1. The van der Waals surface area contributed by atoms with E-state index in [4.69, 9.17) is 16.2 Å². The second-order valence-electron chi connectivity index (χ2n) is 10.5.